The molecule has 2 nitrogen and oxygen atoms in total. The molecule has 0 N–H and O–H groups in total. The van der Waals surface area contributed by atoms with Crippen molar-refractivity contribution in [3.05, 3.63) is 47.3 Å². The van der Waals surface area contributed by atoms with Crippen LogP contribution in [-0.2, 0) is 12.1 Å². The highest BCUT2D eigenvalue weighted by Gasteiger charge is 2.32. The number of aryl methyl sites for hydroxylation is 1. The number of hydrogen-bond acceptors (Lipinski definition) is 1. The molecular weight excluding hydrogens is 265 g/mol. The van der Waals surface area contributed by atoms with Crippen LogP contribution in [0.15, 0.2) is 30.6 Å². The standard InChI is InChI=1S/C12H10ClF3N2/c1-8-4-11(3-2-9(8)5-13)18-7-10(6-17-18)12(14,15)16/h2-4,6-7H,5H2,1H3. The number of rotatable bonds is 2. The summed E-state index contributed by atoms with van der Waals surface area (Å²) in [7, 11) is 0. The van der Waals surface area contributed by atoms with Gasteiger partial charge in [-0.2, -0.15) is 18.3 Å². The van der Waals surface area contributed by atoms with Crippen LogP contribution in [0.5, 0.6) is 0 Å². The Labute approximate surface area is 107 Å². The maximum absolute atomic E-state index is 12.4. The fourth-order valence-electron chi connectivity index (χ4n) is 1.58. The summed E-state index contributed by atoms with van der Waals surface area (Å²) in [6.45, 7) is 1.86. The van der Waals surface area contributed by atoms with Crippen molar-refractivity contribution in [1.82, 2.24) is 9.78 Å². The molecule has 18 heavy (non-hydrogen) atoms. The largest absolute Gasteiger partial charge is 0.419 e. The molecule has 0 spiro atoms. The third-order valence-electron chi connectivity index (χ3n) is 2.64. The Morgan fingerprint density at radius 3 is 2.56 bits per heavy atom. The zero-order chi connectivity index (χ0) is 13.3. The molecule has 0 aliphatic rings. The van der Waals surface area contributed by atoms with Gasteiger partial charge in [0.25, 0.3) is 0 Å². The van der Waals surface area contributed by atoms with Gasteiger partial charge in [0.05, 0.1) is 17.4 Å². The lowest BCUT2D eigenvalue weighted by atomic mass is 10.1. The van der Waals surface area contributed by atoms with Crippen molar-refractivity contribution in [2.45, 2.75) is 19.0 Å². The lowest BCUT2D eigenvalue weighted by Gasteiger charge is -2.06. The second kappa shape index (κ2) is 4.65. The van der Waals surface area contributed by atoms with Crippen molar-refractivity contribution in [2.24, 2.45) is 0 Å². The van der Waals surface area contributed by atoms with E-state index >= 15 is 0 Å². The van der Waals surface area contributed by atoms with Gasteiger partial charge in [0.2, 0.25) is 0 Å². The second-order valence-corrected chi connectivity index (χ2v) is 4.18. The van der Waals surface area contributed by atoms with Gasteiger partial charge >= 0.3 is 6.18 Å². The van der Waals surface area contributed by atoms with Gasteiger partial charge in [0, 0.05) is 12.1 Å². The molecule has 0 atom stereocenters. The Balaban J connectivity index is 2.38. The molecule has 0 aliphatic carbocycles. The van der Waals surface area contributed by atoms with Crippen LogP contribution in [-0.4, -0.2) is 9.78 Å². The molecule has 0 fully saturated rings. The molecule has 0 radical (unpaired) electrons. The van der Waals surface area contributed by atoms with E-state index in [0.717, 1.165) is 23.5 Å². The molecule has 6 heteroatoms. The number of hydrogen-bond donors (Lipinski definition) is 0. The number of benzene rings is 1. The Morgan fingerprint density at radius 2 is 2.06 bits per heavy atom. The van der Waals surface area contributed by atoms with E-state index in [2.05, 4.69) is 5.10 Å². The SMILES string of the molecule is Cc1cc(-n2cc(C(F)(F)F)cn2)ccc1CCl. The fraction of sp³-hybridized carbons (Fsp3) is 0.250. The highest BCUT2D eigenvalue weighted by molar-refractivity contribution is 6.17. The first-order valence-electron chi connectivity index (χ1n) is 5.19. The maximum atomic E-state index is 12.4. The molecule has 1 aromatic heterocycles. The average Bonchev–Trinajstić information content (AvgIpc) is 2.77. The van der Waals surface area contributed by atoms with Crippen molar-refractivity contribution in [2.75, 3.05) is 0 Å². The Morgan fingerprint density at radius 1 is 1.33 bits per heavy atom. The smallest absolute Gasteiger partial charge is 0.240 e. The quantitative estimate of drug-likeness (QED) is 0.759. The van der Waals surface area contributed by atoms with Crippen LogP contribution in [0.1, 0.15) is 16.7 Å². The van der Waals surface area contributed by atoms with Gasteiger partial charge in [-0.15, -0.1) is 11.6 Å². The third kappa shape index (κ3) is 2.51. The highest BCUT2D eigenvalue weighted by Crippen LogP contribution is 2.29. The minimum atomic E-state index is -4.37. The summed E-state index contributed by atoms with van der Waals surface area (Å²) in [5.74, 6) is 0.374. The van der Waals surface area contributed by atoms with Crippen LogP contribution in [0.4, 0.5) is 13.2 Å². The number of halogens is 4. The third-order valence-corrected chi connectivity index (χ3v) is 2.93. The predicted octanol–water partition coefficient (Wildman–Crippen LogP) is 3.94. The molecule has 2 aromatic rings. The first kappa shape index (κ1) is 13.0. The summed E-state index contributed by atoms with van der Waals surface area (Å²) in [6.07, 6.45) is -2.59. The summed E-state index contributed by atoms with van der Waals surface area (Å²) < 4.78 is 38.5. The fourth-order valence-corrected chi connectivity index (χ4v) is 1.88. The Hall–Kier alpha value is -1.49. The molecule has 0 unspecified atom stereocenters. The zero-order valence-corrected chi connectivity index (χ0v) is 10.3. The van der Waals surface area contributed by atoms with E-state index in [1.54, 1.807) is 18.2 Å². The van der Waals surface area contributed by atoms with Gasteiger partial charge in [-0.1, -0.05) is 6.07 Å². The van der Waals surface area contributed by atoms with Crippen molar-refractivity contribution in [1.29, 1.82) is 0 Å². The molecule has 0 saturated carbocycles. The van der Waals surface area contributed by atoms with E-state index in [4.69, 9.17) is 11.6 Å². The summed E-state index contributed by atoms with van der Waals surface area (Å²) in [5, 5.41) is 3.71. The minimum Gasteiger partial charge on any atom is -0.240 e. The summed E-state index contributed by atoms with van der Waals surface area (Å²) >= 11 is 5.72. The van der Waals surface area contributed by atoms with Gasteiger partial charge < -0.3 is 0 Å². The van der Waals surface area contributed by atoms with Crippen LogP contribution in [0.2, 0.25) is 0 Å². The van der Waals surface area contributed by atoms with E-state index in [1.165, 1.54) is 4.68 Å². The predicted molar refractivity (Wildman–Crippen MR) is 62.9 cm³/mol. The molecular formula is C12H10ClF3N2. The first-order chi connectivity index (χ1) is 8.41. The molecule has 2 rings (SSSR count). The molecule has 0 bridgehead atoms. The molecule has 1 heterocycles. The Bertz CT molecular complexity index is 561. The molecule has 0 aliphatic heterocycles. The van der Waals surface area contributed by atoms with Crippen molar-refractivity contribution in [3.8, 4) is 5.69 Å². The summed E-state index contributed by atoms with van der Waals surface area (Å²) in [5.41, 5.74) is 1.69. The lowest BCUT2D eigenvalue weighted by molar-refractivity contribution is -0.137. The second-order valence-electron chi connectivity index (χ2n) is 3.92. The van der Waals surface area contributed by atoms with E-state index in [0.29, 0.717) is 11.6 Å². The summed E-state index contributed by atoms with van der Waals surface area (Å²) in [4.78, 5) is 0. The number of aromatic nitrogens is 2. The summed E-state index contributed by atoms with van der Waals surface area (Å²) in [6, 6.07) is 5.23. The molecule has 0 amide bonds. The van der Waals surface area contributed by atoms with Crippen LogP contribution in [0, 0.1) is 6.92 Å². The van der Waals surface area contributed by atoms with Crippen LogP contribution in [0.3, 0.4) is 0 Å². The normalized spacial score (nSPS) is 11.8. The van der Waals surface area contributed by atoms with E-state index in [1.807, 2.05) is 6.92 Å². The zero-order valence-electron chi connectivity index (χ0n) is 9.50. The van der Waals surface area contributed by atoms with Crippen molar-refractivity contribution in [3.63, 3.8) is 0 Å². The van der Waals surface area contributed by atoms with Gasteiger partial charge in [-0.05, 0) is 30.2 Å². The minimum absolute atomic E-state index is 0.374. The van der Waals surface area contributed by atoms with Gasteiger partial charge in [-0.3, -0.25) is 0 Å². The molecule has 0 saturated heterocycles. The number of nitrogens with zero attached hydrogens (tertiary/aromatic N) is 2. The highest BCUT2D eigenvalue weighted by atomic mass is 35.5. The van der Waals surface area contributed by atoms with Gasteiger partial charge in [0.15, 0.2) is 0 Å². The van der Waals surface area contributed by atoms with Crippen LogP contribution < -0.4 is 0 Å². The van der Waals surface area contributed by atoms with E-state index in [-0.39, 0.29) is 0 Å². The van der Waals surface area contributed by atoms with E-state index < -0.39 is 11.7 Å². The van der Waals surface area contributed by atoms with Crippen molar-refractivity contribution < 1.29 is 13.2 Å². The lowest BCUT2D eigenvalue weighted by Crippen LogP contribution is -2.03. The first-order valence-corrected chi connectivity index (χ1v) is 5.73. The maximum Gasteiger partial charge on any atom is 0.419 e. The monoisotopic (exact) mass is 274 g/mol. The molecule has 1 aromatic carbocycles. The van der Waals surface area contributed by atoms with Crippen molar-refractivity contribution >= 4 is 11.6 Å². The Kier molecular flexibility index (Phi) is 3.34. The van der Waals surface area contributed by atoms with E-state index in [9.17, 15) is 13.2 Å². The van der Waals surface area contributed by atoms with Crippen LogP contribution in [0.25, 0.3) is 5.69 Å². The van der Waals surface area contributed by atoms with Crippen LogP contribution >= 0.6 is 11.6 Å². The van der Waals surface area contributed by atoms with Gasteiger partial charge in [-0.25, -0.2) is 4.68 Å². The topological polar surface area (TPSA) is 17.8 Å². The van der Waals surface area contributed by atoms with Gasteiger partial charge in [0.1, 0.15) is 0 Å². The number of alkyl halides is 4. The molecule has 96 valence electrons. The average molecular weight is 275 g/mol.